The van der Waals surface area contributed by atoms with Crippen molar-refractivity contribution in [2.24, 2.45) is 23.7 Å². The van der Waals surface area contributed by atoms with E-state index >= 15 is 0 Å². The molecule has 10 rings (SSSR count). The zero-order chi connectivity index (χ0) is 39.2. The number of fused-ring (bicyclic) bond motifs is 9. The Morgan fingerprint density at radius 1 is 1.00 bits per heavy atom. The SMILES string of the molecule is CC=C1CN(C)C2Cc3c([nH]c4ccccc34)C(c3cc4[nH]c5c(c4cc3OC)CCN3C(CC(C)=O)C4CC(CC)C3C5(C(=O)OC)C4)CC1C2C(=O)OC. The molecule has 10 unspecified atom stereocenters. The zero-order valence-corrected chi connectivity index (χ0v) is 33.9. The first-order chi connectivity index (χ1) is 27.1. The van der Waals surface area contributed by atoms with Gasteiger partial charge in [-0.3, -0.25) is 24.2 Å². The number of benzene rings is 2. The van der Waals surface area contributed by atoms with Gasteiger partial charge in [-0.05, 0) is 100 Å². The van der Waals surface area contributed by atoms with Gasteiger partial charge >= 0.3 is 11.9 Å². The number of aromatic amines is 2. The summed E-state index contributed by atoms with van der Waals surface area (Å²) >= 11 is 0. The highest BCUT2D eigenvalue weighted by Gasteiger charge is 2.65. The monoisotopic (exact) mass is 760 g/mol. The Balaban J connectivity index is 1.25. The predicted molar refractivity (Wildman–Crippen MR) is 216 cm³/mol. The van der Waals surface area contributed by atoms with Crippen molar-refractivity contribution in [3.63, 3.8) is 0 Å². The normalized spacial score (nSPS) is 33.0. The maximum absolute atomic E-state index is 14.5. The van der Waals surface area contributed by atoms with Crippen molar-refractivity contribution in [1.29, 1.82) is 0 Å². The third-order valence-electron chi connectivity index (χ3n) is 15.0. The highest BCUT2D eigenvalue weighted by Crippen LogP contribution is 2.58. The van der Waals surface area contributed by atoms with Gasteiger partial charge in [-0.15, -0.1) is 0 Å². The molecule has 3 saturated heterocycles. The maximum Gasteiger partial charge on any atom is 0.319 e. The van der Waals surface area contributed by atoms with Crippen LogP contribution in [0, 0.1) is 23.7 Å². The van der Waals surface area contributed by atoms with Crippen molar-refractivity contribution in [3.8, 4) is 5.75 Å². The van der Waals surface area contributed by atoms with Crippen LogP contribution in [0.25, 0.3) is 21.8 Å². The van der Waals surface area contributed by atoms with Crippen molar-refractivity contribution in [1.82, 2.24) is 19.8 Å². The molecule has 2 aromatic heterocycles. The lowest BCUT2D eigenvalue weighted by Gasteiger charge is -2.61. The minimum atomic E-state index is -0.869. The van der Waals surface area contributed by atoms with Gasteiger partial charge < -0.3 is 24.2 Å². The number of likely N-dealkylation sites (N-methyl/N-ethyl adjacent to an activating group) is 1. The number of ether oxygens (including phenoxy) is 3. The maximum atomic E-state index is 14.5. The molecule has 4 aliphatic heterocycles. The largest absolute Gasteiger partial charge is 0.496 e. The average Bonchev–Trinajstić information content (AvgIpc) is 3.72. The molecule has 0 radical (unpaired) electrons. The van der Waals surface area contributed by atoms with Crippen LogP contribution >= 0.6 is 0 Å². The van der Waals surface area contributed by atoms with E-state index in [1.54, 1.807) is 14.0 Å². The predicted octanol–water partition coefficient (Wildman–Crippen LogP) is 6.84. The molecule has 6 heterocycles. The first kappa shape index (κ1) is 37.2. The van der Waals surface area contributed by atoms with Crippen LogP contribution < -0.4 is 4.74 Å². The summed E-state index contributed by atoms with van der Waals surface area (Å²) in [5.41, 5.74) is 8.01. The van der Waals surface area contributed by atoms with Gasteiger partial charge in [-0.1, -0.05) is 43.2 Å². The van der Waals surface area contributed by atoms with Crippen molar-refractivity contribution >= 4 is 39.5 Å². The van der Waals surface area contributed by atoms with Crippen LogP contribution in [0.15, 0.2) is 48.0 Å². The molecule has 2 N–H and O–H groups in total. The molecule has 0 amide bonds. The summed E-state index contributed by atoms with van der Waals surface area (Å²) in [4.78, 5) is 53.6. The van der Waals surface area contributed by atoms with Gasteiger partial charge in [-0.2, -0.15) is 0 Å². The number of carbonyl (C=O) groups excluding carboxylic acids is 3. The van der Waals surface area contributed by atoms with E-state index in [9.17, 15) is 14.4 Å². The van der Waals surface area contributed by atoms with Crippen molar-refractivity contribution < 1.29 is 28.6 Å². The number of likely N-dealkylation sites (tertiary alicyclic amines) is 1. The van der Waals surface area contributed by atoms with E-state index < -0.39 is 5.41 Å². The number of allylic oxidation sites excluding steroid dienone is 1. The first-order valence-electron chi connectivity index (χ1n) is 20.7. The molecule has 4 aromatic rings. The Bertz CT molecular complexity index is 2270. The quantitative estimate of drug-likeness (QED) is 0.156. The fraction of sp³-hybridized carbons (Fsp3) is 0.543. The Labute approximate surface area is 329 Å². The van der Waals surface area contributed by atoms with E-state index in [1.807, 2.05) is 0 Å². The molecule has 10 heteroatoms. The number of Topliss-reactive ketones (excluding diaryl/α,β-unsaturated/α-hetero) is 1. The van der Waals surface area contributed by atoms with Crippen LogP contribution in [0.4, 0.5) is 0 Å². The lowest BCUT2D eigenvalue weighted by Crippen LogP contribution is -2.70. The fourth-order valence-electron chi connectivity index (χ4n) is 12.7. The van der Waals surface area contributed by atoms with Crippen LogP contribution in [0.3, 0.4) is 0 Å². The fourth-order valence-corrected chi connectivity index (χ4v) is 12.7. The van der Waals surface area contributed by atoms with Crippen LogP contribution in [-0.2, 0) is 42.1 Å². The third kappa shape index (κ3) is 5.30. The Kier molecular flexibility index (Phi) is 9.23. The lowest BCUT2D eigenvalue weighted by atomic mass is 9.54. The summed E-state index contributed by atoms with van der Waals surface area (Å²) < 4.78 is 17.7. The minimum Gasteiger partial charge on any atom is -0.496 e. The number of carbonyl (C=O) groups is 3. The van der Waals surface area contributed by atoms with E-state index in [0.29, 0.717) is 31.6 Å². The number of hydrogen-bond donors (Lipinski definition) is 2. The molecule has 10 nitrogen and oxygen atoms in total. The van der Waals surface area contributed by atoms with Crippen LogP contribution in [0.5, 0.6) is 5.75 Å². The Hall–Kier alpha value is -4.41. The number of nitrogens with one attached hydrogen (secondary N) is 2. The molecule has 10 atom stereocenters. The number of H-pyrrole nitrogens is 2. The zero-order valence-electron chi connectivity index (χ0n) is 33.9. The number of rotatable bonds is 7. The number of methoxy groups -OCH3 is 3. The Morgan fingerprint density at radius 3 is 2.52 bits per heavy atom. The summed E-state index contributed by atoms with van der Waals surface area (Å²) in [6.45, 7) is 7.58. The van der Waals surface area contributed by atoms with Crippen molar-refractivity contribution in [2.75, 3.05) is 41.5 Å². The van der Waals surface area contributed by atoms with E-state index in [0.717, 1.165) is 77.0 Å². The number of esters is 2. The average molecular weight is 761 g/mol. The number of ketones is 1. The summed E-state index contributed by atoms with van der Waals surface area (Å²) in [6.07, 6.45) is 7.53. The number of aromatic nitrogens is 2. The van der Waals surface area contributed by atoms with E-state index in [-0.39, 0.29) is 59.5 Å². The molecular weight excluding hydrogens is 705 g/mol. The molecule has 6 bridgehead atoms. The molecule has 2 aromatic carbocycles. The summed E-state index contributed by atoms with van der Waals surface area (Å²) in [7, 11) is 6.91. The molecule has 296 valence electrons. The highest BCUT2D eigenvalue weighted by atomic mass is 16.5. The second kappa shape index (κ2) is 13.9. The summed E-state index contributed by atoms with van der Waals surface area (Å²) in [5.74, 6) is 0.694. The second-order valence-corrected chi connectivity index (χ2v) is 17.4. The second-order valence-electron chi connectivity index (χ2n) is 17.4. The van der Waals surface area contributed by atoms with Crippen LogP contribution in [0.1, 0.15) is 86.9 Å². The number of nitrogens with zero attached hydrogens (tertiary/aromatic N) is 2. The first-order valence-corrected chi connectivity index (χ1v) is 20.7. The number of piperidine rings is 3. The molecule has 4 fully saturated rings. The van der Waals surface area contributed by atoms with Gasteiger partial charge in [0.05, 0.1) is 27.2 Å². The van der Waals surface area contributed by atoms with Crippen LogP contribution in [0.2, 0.25) is 0 Å². The number of para-hydroxylation sites is 1. The van der Waals surface area contributed by atoms with Gasteiger partial charge in [0.1, 0.15) is 16.9 Å². The molecule has 0 spiro atoms. The molecule has 1 saturated carbocycles. The van der Waals surface area contributed by atoms with E-state index in [2.05, 4.69) is 83.1 Å². The molecular formula is C46H56N4O6. The van der Waals surface area contributed by atoms with Gasteiger partial charge in [0.15, 0.2) is 0 Å². The van der Waals surface area contributed by atoms with Crippen LogP contribution in [-0.4, -0.2) is 97.1 Å². The van der Waals surface area contributed by atoms with Gasteiger partial charge in [-0.25, -0.2) is 0 Å². The van der Waals surface area contributed by atoms with E-state index in [1.165, 1.54) is 30.7 Å². The van der Waals surface area contributed by atoms with Gasteiger partial charge in [0, 0.05) is 82.3 Å². The smallest absolute Gasteiger partial charge is 0.319 e. The van der Waals surface area contributed by atoms with E-state index in [4.69, 9.17) is 14.2 Å². The van der Waals surface area contributed by atoms with Gasteiger partial charge in [0.25, 0.3) is 0 Å². The summed E-state index contributed by atoms with van der Waals surface area (Å²) in [5, 5.41) is 2.24. The molecule has 56 heavy (non-hydrogen) atoms. The minimum absolute atomic E-state index is 0.0135. The van der Waals surface area contributed by atoms with Crippen molar-refractivity contribution in [3.05, 3.63) is 76.1 Å². The van der Waals surface area contributed by atoms with Gasteiger partial charge in [0.2, 0.25) is 0 Å². The lowest BCUT2D eigenvalue weighted by molar-refractivity contribution is -0.169. The molecule has 2 aliphatic carbocycles. The number of hydrogen-bond acceptors (Lipinski definition) is 8. The molecule has 6 aliphatic rings. The Morgan fingerprint density at radius 2 is 1.80 bits per heavy atom. The standard InChI is InChI=1S/C46H56N4O6/c1-8-25-17-27-22-46(45(53)56-7)42-29(14-15-50(43(25)46)37(27)16-24(3)51)31-21-39(54-5)32(19-36(31)48-42)33-18-30-26(9-2)23-49(4)38(40(30)44(52)55-6)20-34-28-12-10-11-13-35(28)47-41(33)34/h9-13,19,21,25,27,30,33,37-38,40,43,47-48H,8,14-18,20,22-23H2,1-7H3. The third-order valence-corrected chi connectivity index (χ3v) is 15.0. The topological polar surface area (TPSA) is 117 Å². The van der Waals surface area contributed by atoms with Crippen molar-refractivity contribution in [2.45, 2.75) is 95.2 Å². The highest BCUT2D eigenvalue weighted by molar-refractivity contribution is 5.93. The summed E-state index contributed by atoms with van der Waals surface area (Å²) in [6, 6.07) is 13.0.